The van der Waals surface area contributed by atoms with Crippen LogP contribution in [0.5, 0.6) is 0 Å². The number of rotatable bonds is 4. The number of methoxy groups -OCH3 is 1. The van der Waals surface area contributed by atoms with E-state index in [-0.39, 0.29) is 12.0 Å². The lowest BCUT2D eigenvalue weighted by Crippen LogP contribution is -2.33. The van der Waals surface area contributed by atoms with Crippen molar-refractivity contribution in [3.63, 3.8) is 0 Å². The summed E-state index contributed by atoms with van der Waals surface area (Å²) in [7, 11) is 1.34. The van der Waals surface area contributed by atoms with E-state index in [2.05, 4.69) is 10.1 Å². The van der Waals surface area contributed by atoms with Crippen LogP contribution in [0.3, 0.4) is 0 Å². The second-order valence-corrected chi connectivity index (χ2v) is 4.81. The number of carboxylic acid groups (broad SMARTS) is 1. The van der Waals surface area contributed by atoms with Crippen molar-refractivity contribution in [2.45, 2.75) is 31.3 Å². The minimum absolute atomic E-state index is 0.269. The van der Waals surface area contributed by atoms with Gasteiger partial charge in [-0.15, -0.1) is 0 Å². The molecule has 6 heteroatoms. The molecule has 0 aliphatic carbocycles. The van der Waals surface area contributed by atoms with Crippen molar-refractivity contribution in [3.8, 4) is 0 Å². The zero-order chi connectivity index (χ0) is 15.7. The molecule has 1 saturated heterocycles. The SMILES string of the molecule is COC(=O)C(N)Cc1ccccc1.O=C(O)[C@@H]1CCCN1. The number of carbonyl (C=O) groups excluding carboxylic acids is 1. The Hall–Kier alpha value is -1.92. The number of nitrogens with one attached hydrogen (secondary N) is 1. The van der Waals surface area contributed by atoms with Crippen LogP contribution in [0.25, 0.3) is 0 Å². The van der Waals surface area contributed by atoms with E-state index >= 15 is 0 Å². The molecule has 1 aliphatic rings. The van der Waals surface area contributed by atoms with Crippen LogP contribution in [0.1, 0.15) is 18.4 Å². The first-order chi connectivity index (χ1) is 10.0. The molecule has 2 atom stereocenters. The molecular weight excluding hydrogens is 272 g/mol. The minimum atomic E-state index is -0.720. The summed E-state index contributed by atoms with van der Waals surface area (Å²) in [6.45, 7) is 0.858. The Kier molecular flexibility index (Phi) is 7.42. The predicted molar refractivity (Wildman–Crippen MR) is 78.8 cm³/mol. The Bertz CT molecular complexity index is 444. The van der Waals surface area contributed by atoms with Gasteiger partial charge in [0.15, 0.2) is 0 Å². The summed E-state index contributed by atoms with van der Waals surface area (Å²) in [5, 5.41) is 11.2. The minimum Gasteiger partial charge on any atom is -0.480 e. The predicted octanol–water partition coefficient (Wildman–Crippen LogP) is 0.552. The molecule has 1 aliphatic heterocycles. The second-order valence-electron chi connectivity index (χ2n) is 4.81. The maximum atomic E-state index is 11.0. The summed E-state index contributed by atoms with van der Waals surface area (Å²) in [5.41, 5.74) is 6.63. The van der Waals surface area contributed by atoms with Crippen LogP contribution in [0, 0.1) is 0 Å². The first-order valence-corrected chi connectivity index (χ1v) is 6.88. The van der Waals surface area contributed by atoms with Gasteiger partial charge in [0.25, 0.3) is 0 Å². The number of aliphatic carboxylic acids is 1. The number of nitrogens with two attached hydrogens (primary N) is 1. The van der Waals surface area contributed by atoms with Crippen LogP contribution < -0.4 is 11.1 Å². The Morgan fingerprint density at radius 3 is 2.52 bits per heavy atom. The van der Waals surface area contributed by atoms with Gasteiger partial charge < -0.3 is 20.9 Å². The van der Waals surface area contributed by atoms with Gasteiger partial charge in [-0.3, -0.25) is 9.59 Å². The molecule has 6 nitrogen and oxygen atoms in total. The van der Waals surface area contributed by atoms with E-state index in [1.54, 1.807) is 0 Å². The van der Waals surface area contributed by atoms with Gasteiger partial charge in [-0.25, -0.2) is 0 Å². The first kappa shape index (κ1) is 17.1. The number of ether oxygens (including phenoxy) is 1. The quantitative estimate of drug-likeness (QED) is 0.701. The molecule has 1 fully saturated rings. The van der Waals surface area contributed by atoms with E-state index in [0.29, 0.717) is 6.42 Å². The van der Waals surface area contributed by atoms with Crippen molar-refractivity contribution >= 4 is 11.9 Å². The molecule has 0 spiro atoms. The van der Waals surface area contributed by atoms with Gasteiger partial charge in [-0.2, -0.15) is 0 Å². The normalized spacial score (nSPS) is 18.3. The van der Waals surface area contributed by atoms with E-state index in [9.17, 15) is 9.59 Å². The molecule has 1 heterocycles. The first-order valence-electron chi connectivity index (χ1n) is 6.88. The Labute approximate surface area is 124 Å². The van der Waals surface area contributed by atoms with Crippen molar-refractivity contribution in [2.75, 3.05) is 13.7 Å². The average molecular weight is 294 g/mol. The molecule has 4 N–H and O–H groups in total. The van der Waals surface area contributed by atoms with Crippen LogP contribution in [0.2, 0.25) is 0 Å². The van der Waals surface area contributed by atoms with Gasteiger partial charge >= 0.3 is 11.9 Å². The van der Waals surface area contributed by atoms with Gasteiger partial charge in [0.2, 0.25) is 0 Å². The molecule has 0 amide bonds. The summed E-state index contributed by atoms with van der Waals surface area (Å²) in [4.78, 5) is 21.1. The lowest BCUT2D eigenvalue weighted by molar-refractivity contribution is -0.142. The average Bonchev–Trinajstić information content (AvgIpc) is 3.02. The molecule has 0 bridgehead atoms. The highest BCUT2D eigenvalue weighted by Gasteiger charge is 2.20. The van der Waals surface area contributed by atoms with Crippen molar-refractivity contribution in [1.29, 1.82) is 0 Å². The van der Waals surface area contributed by atoms with E-state index in [4.69, 9.17) is 10.8 Å². The number of esters is 1. The fourth-order valence-electron chi connectivity index (χ4n) is 2.00. The van der Waals surface area contributed by atoms with Gasteiger partial charge in [0.1, 0.15) is 12.1 Å². The van der Waals surface area contributed by atoms with E-state index in [1.807, 2.05) is 30.3 Å². The number of benzene rings is 1. The summed E-state index contributed by atoms with van der Waals surface area (Å²) < 4.78 is 4.52. The highest BCUT2D eigenvalue weighted by atomic mass is 16.5. The molecule has 0 saturated carbocycles. The largest absolute Gasteiger partial charge is 0.480 e. The van der Waals surface area contributed by atoms with Gasteiger partial charge in [0.05, 0.1) is 7.11 Å². The molecule has 0 radical (unpaired) electrons. The summed E-state index contributed by atoms with van der Waals surface area (Å²) in [5.74, 6) is -1.09. The molecular formula is C15H22N2O4. The van der Waals surface area contributed by atoms with Crippen LogP contribution in [0.15, 0.2) is 30.3 Å². The third-order valence-electron chi connectivity index (χ3n) is 3.16. The molecule has 1 unspecified atom stereocenters. The van der Waals surface area contributed by atoms with Crippen molar-refractivity contribution in [2.24, 2.45) is 5.73 Å². The Morgan fingerprint density at radius 2 is 2.10 bits per heavy atom. The molecule has 116 valence electrons. The standard InChI is InChI=1S/C10H13NO2.C5H9NO2/c1-13-10(12)9(11)7-8-5-3-2-4-6-8;7-5(8)4-2-1-3-6-4/h2-6,9H,7,11H2,1H3;4,6H,1-3H2,(H,7,8)/t;4-/m.0/s1. The maximum Gasteiger partial charge on any atom is 0.322 e. The smallest absolute Gasteiger partial charge is 0.322 e. The van der Waals surface area contributed by atoms with Crippen LogP contribution >= 0.6 is 0 Å². The highest BCUT2D eigenvalue weighted by Crippen LogP contribution is 2.03. The summed E-state index contributed by atoms with van der Waals surface area (Å²) >= 11 is 0. The number of hydrogen-bond donors (Lipinski definition) is 3. The zero-order valence-corrected chi connectivity index (χ0v) is 12.1. The Balaban J connectivity index is 0.000000235. The number of hydrogen-bond acceptors (Lipinski definition) is 5. The second kappa shape index (κ2) is 9.10. The number of carboxylic acids is 1. The van der Waals surface area contributed by atoms with E-state index < -0.39 is 12.0 Å². The zero-order valence-electron chi connectivity index (χ0n) is 12.1. The van der Waals surface area contributed by atoms with Crippen molar-refractivity contribution in [1.82, 2.24) is 5.32 Å². The molecule has 1 aromatic rings. The van der Waals surface area contributed by atoms with E-state index in [1.165, 1.54) is 7.11 Å². The molecule has 1 aromatic carbocycles. The summed E-state index contributed by atoms with van der Waals surface area (Å²) in [6.07, 6.45) is 2.31. The molecule has 0 aromatic heterocycles. The van der Waals surface area contributed by atoms with Crippen LogP contribution in [-0.2, 0) is 20.7 Å². The van der Waals surface area contributed by atoms with Crippen LogP contribution in [-0.4, -0.2) is 42.8 Å². The number of carbonyl (C=O) groups is 2. The monoisotopic (exact) mass is 294 g/mol. The molecule has 2 rings (SSSR count). The fourth-order valence-corrected chi connectivity index (χ4v) is 2.00. The van der Waals surface area contributed by atoms with Crippen molar-refractivity contribution in [3.05, 3.63) is 35.9 Å². The van der Waals surface area contributed by atoms with Crippen LogP contribution in [0.4, 0.5) is 0 Å². The third kappa shape index (κ3) is 6.37. The van der Waals surface area contributed by atoms with E-state index in [0.717, 1.165) is 24.9 Å². The maximum absolute atomic E-state index is 11.0. The fraction of sp³-hybridized carbons (Fsp3) is 0.467. The van der Waals surface area contributed by atoms with Gasteiger partial charge in [0, 0.05) is 0 Å². The lowest BCUT2D eigenvalue weighted by Gasteiger charge is -2.08. The van der Waals surface area contributed by atoms with Gasteiger partial charge in [-0.1, -0.05) is 30.3 Å². The molecule has 21 heavy (non-hydrogen) atoms. The lowest BCUT2D eigenvalue weighted by atomic mass is 10.1. The highest BCUT2D eigenvalue weighted by molar-refractivity contribution is 5.75. The van der Waals surface area contributed by atoms with Gasteiger partial charge in [-0.05, 0) is 31.4 Å². The third-order valence-corrected chi connectivity index (χ3v) is 3.16. The summed E-state index contributed by atoms with van der Waals surface area (Å²) in [6, 6.07) is 8.79. The Morgan fingerprint density at radius 1 is 1.43 bits per heavy atom. The topological polar surface area (TPSA) is 102 Å². The van der Waals surface area contributed by atoms with Crippen molar-refractivity contribution < 1.29 is 19.4 Å².